The van der Waals surface area contributed by atoms with Gasteiger partial charge >= 0.3 is 11.8 Å². The van der Waals surface area contributed by atoms with Crippen molar-refractivity contribution in [3.63, 3.8) is 0 Å². The van der Waals surface area contributed by atoms with Crippen molar-refractivity contribution >= 4 is 23.2 Å². The van der Waals surface area contributed by atoms with Gasteiger partial charge in [-0.1, -0.05) is 18.2 Å². The second-order valence-electron chi connectivity index (χ2n) is 7.95. The molecule has 1 aliphatic heterocycles. The fraction of sp³-hybridized carbons (Fsp3) is 0.240. The normalized spacial score (nSPS) is 14.9. The molecule has 0 spiro atoms. The van der Waals surface area contributed by atoms with Gasteiger partial charge in [-0.15, -0.1) is 0 Å². The summed E-state index contributed by atoms with van der Waals surface area (Å²) in [4.78, 5) is 33.3. The molecule has 1 aliphatic rings. The molecule has 4 rings (SSSR count). The van der Waals surface area contributed by atoms with Crippen molar-refractivity contribution in [2.45, 2.75) is 6.04 Å². The molecule has 1 aromatic heterocycles. The van der Waals surface area contributed by atoms with Gasteiger partial charge in [-0.2, -0.15) is 0 Å². The zero-order valence-corrected chi connectivity index (χ0v) is 18.5. The first-order chi connectivity index (χ1) is 16.5. The minimum absolute atomic E-state index is 0.0524. The Morgan fingerprint density at radius 1 is 0.912 bits per heavy atom. The molecular weight excluding hydrogens is 440 g/mol. The number of hydrogen-bond donors (Lipinski definition) is 2. The smallest absolute Gasteiger partial charge is 0.313 e. The lowest BCUT2D eigenvalue weighted by Gasteiger charge is -2.40. The SMILES string of the molecule is O=C(NC[C@H](c1cccnc1)N1CCN(c2ccc(F)cc2)CC1)C(=O)Nc1ccccc1F. The second-order valence-corrected chi connectivity index (χ2v) is 7.95. The van der Waals surface area contributed by atoms with Crippen molar-refractivity contribution in [2.75, 3.05) is 42.9 Å². The highest BCUT2D eigenvalue weighted by molar-refractivity contribution is 6.39. The number of aromatic nitrogens is 1. The number of carbonyl (C=O) groups excluding carboxylic acids is 2. The number of pyridine rings is 1. The van der Waals surface area contributed by atoms with E-state index in [0.29, 0.717) is 13.1 Å². The number of nitrogens with zero attached hydrogens (tertiary/aromatic N) is 3. The molecule has 2 amide bonds. The summed E-state index contributed by atoms with van der Waals surface area (Å²) in [5.41, 5.74) is 1.81. The van der Waals surface area contributed by atoms with Crippen molar-refractivity contribution in [3.8, 4) is 0 Å². The van der Waals surface area contributed by atoms with Crippen LogP contribution in [0.15, 0.2) is 73.1 Å². The third-order valence-electron chi connectivity index (χ3n) is 5.80. The Morgan fingerprint density at radius 3 is 2.32 bits per heavy atom. The van der Waals surface area contributed by atoms with Gasteiger partial charge in [-0.3, -0.25) is 19.5 Å². The van der Waals surface area contributed by atoms with Crippen LogP contribution in [0.4, 0.5) is 20.2 Å². The highest BCUT2D eigenvalue weighted by Gasteiger charge is 2.27. The van der Waals surface area contributed by atoms with Crippen molar-refractivity contribution in [1.29, 1.82) is 0 Å². The van der Waals surface area contributed by atoms with Crippen LogP contribution in [0, 0.1) is 11.6 Å². The molecule has 176 valence electrons. The van der Waals surface area contributed by atoms with E-state index in [1.807, 2.05) is 12.1 Å². The van der Waals surface area contributed by atoms with E-state index < -0.39 is 17.6 Å². The monoisotopic (exact) mass is 465 g/mol. The molecular formula is C25H25F2N5O2. The maximum Gasteiger partial charge on any atom is 0.313 e. The van der Waals surface area contributed by atoms with Crippen LogP contribution in [0.3, 0.4) is 0 Å². The number of benzene rings is 2. The molecule has 1 saturated heterocycles. The fourth-order valence-corrected chi connectivity index (χ4v) is 3.99. The van der Waals surface area contributed by atoms with E-state index in [1.54, 1.807) is 30.6 Å². The van der Waals surface area contributed by atoms with Crippen molar-refractivity contribution in [3.05, 3.63) is 90.3 Å². The van der Waals surface area contributed by atoms with Gasteiger partial charge in [-0.25, -0.2) is 8.78 Å². The van der Waals surface area contributed by atoms with E-state index in [9.17, 15) is 18.4 Å². The molecule has 3 aromatic rings. The molecule has 2 N–H and O–H groups in total. The van der Waals surface area contributed by atoms with Gasteiger partial charge < -0.3 is 15.5 Å². The molecule has 0 radical (unpaired) electrons. The standard InChI is InChI=1S/C25H25F2N5O2/c26-19-7-9-20(10-8-19)31-12-14-32(15-13-31)23(18-4-3-11-28-16-18)17-29-24(33)25(34)30-22-6-2-1-5-21(22)27/h1-11,16,23H,12-15,17H2,(H,29,33)(H,30,34)/t23-/m1/s1. The Bertz CT molecular complexity index is 1120. The largest absolute Gasteiger partial charge is 0.369 e. The molecule has 34 heavy (non-hydrogen) atoms. The molecule has 2 aromatic carbocycles. The number of carbonyl (C=O) groups is 2. The molecule has 1 atom stereocenters. The minimum atomic E-state index is -0.934. The summed E-state index contributed by atoms with van der Waals surface area (Å²) in [7, 11) is 0. The van der Waals surface area contributed by atoms with E-state index in [0.717, 1.165) is 24.3 Å². The number of piperazine rings is 1. The molecule has 0 saturated carbocycles. The lowest BCUT2D eigenvalue weighted by atomic mass is 10.1. The maximum atomic E-state index is 13.8. The molecule has 7 nitrogen and oxygen atoms in total. The van der Waals surface area contributed by atoms with Crippen LogP contribution in [0.5, 0.6) is 0 Å². The summed E-state index contributed by atoms with van der Waals surface area (Å²) in [6, 6.07) is 15.6. The summed E-state index contributed by atoms with van der Waals surface area (Å²) in [5, 5.41) is 4.96. The van der Waals surface area contributed by atoms with Gasteiger partial charge in [0.1, 0.15) is 11.6 Å². The minimum Gasteiger partial charge on any atom is -0.369 e. The zero-order valence-electron chi connectivity index (χ0n) is 18.5. The number of para-hydroxylation sites is 1. The predicted octanol–water partition coefficient (Wildman–Crippen LogP) is 2.98. The number of amides is 2. The van der Waals surface area contributed by atoms with Gasteiger partial charge in [0.15, 0.2) is 0 Å². The van der Waals surface area contributed by atoms with Crippen LogP contribution >= 0.6 is 0 Å². The Kier molecular flexibility index (Phi) is 7.44. The van der Waals surface area contributed by atoms with Crippen LogP contribution in [-0.2, 0) is 9.59 Å². The summed E-state index contributed by atoms with van der Waals surface area (Å²) in [5.74, 6) is -2.66. The van der Waals surface area contributed by atoms with Gasteiger partial charge in [0.05, 0.1) is 11.7 Å². The van der Waals surface area contributed by atoms with Crippen molar-refractivity contribution in [2.24, 2.45) is 0 Å². The number of halogens is 2. The Morgan fingerprint density at radius 2 is 1.65 bits per heavy atom. The van der Waals surface area contributed by atoms with Crippen LogP contribution in [-0.4, -0.2) is 54.4 Å². The third-order valence-corrected chi connectivity index (χ3v) is 5.80. The van der Waals surface area contributed by atoms with Crippen molar-refractivity contribution < 1.29 is 18.4 Å². The van der Waals surface area contributed by atoms with Gasteiger partial charge in [0.25, 0.3) is 0 Å². The number of rotatable bonds is 6. The van der Waals surface area contributed by atoms with E-state index in [2.05, 4.69) is 25.4 Å². The van der Waals surface area contributed by atoms with Gasteiger partial charge in [-0.05, 0) is 48.0 Å². The van der Waals surface area contributed by atoms with Crippen LogP contribution < -0.4 is 15.5 Å². The summed E-state index contributed by atoms with van der Waals surface area (Å²) >= 11 is 0. The topological polar surface area (TPSA) is 77.6 Å². The van der Waals surface area contributed by atoms with Crippen LogP contribution in [0.25, 0.3) is 0 Å². The average molecular weight is 466 g/mol. The van der Waals surface area contributed by atoms with E-state index in [1.165, 1.54) is 30.3 Å². The summed E-state index contributed by atoms with van der Waals surface area (Å²) in [6.45, 7) is 3.04. The molecule has 0 bridgehead atoms. The van der Waals surface area contributed by atoms with E-state index in [4.69, 9.17) is 0 Å². The second kappa shape index (κ2) is 10.8. The van der Waals surface area contributed by atoms with Crippen LogP contribution in [0.2, 0.25) is 0 Å². The quantitative estimate of drug-likeness (QED) is 0.548. The molecule has 0 aliphatic carbocycles. The average Bonchev–Trinajstić information content (AvgIpc) is 2.87. The lowest BCUT2D eigenvalue weighted by Crippen LogP contribution is -2.50. The first-order valence-corrected chi connectivity index (χ1v) is 11.0. The number of hydrogen-bond acceptors (Lipinski definition) is 5. The molecule has 0 unspecified atom stereocenters. The summed E-state index contributed by atoms with van der Waals surface area (Å²) in [6.07, 6.45) is 3.41. The highest BCUT2D eigenvalue weighted by atomic mass is 19.1. The maximum absolute atomic E-state index is 13.8. The number of nitrogens with one attached hydrogen (secondary N) is 2. The van der Waals surface area contributed by atoms with Crippen LogP contribution in [0.1, 0.15) is 11.6 Å². The lowest BCUT2D eigenvalue weighted by molar-refractivity contribution is -0.136. The zero-order chi connectivity index (χ0) is 23.9. The third kappa shape index (κ3) is 5.74. The fourth-order valence-electron chi connectivity index (χ4n) is 3.99. The Balaban J connectivity index is 1.39. The first kappa shape index (κ1) is 23.3. The molecule has 9 heteroatoms. The summed E-state index contributed by atoms with van der Waals surface area (Å²) < 4.78 is 27.0. The highest BCUT2D eigenvalue weighted by Crippen LogP contribution is 2.24. The predicted molar refractivity (Wildman–Crippen MR) is 125 cm³/mol. The molecule has 1 fully saturated rings. The Hall–Kier alpha value is -3.85. The molecule has 2 heterocycles. The van der Waals surface area contributed by atoms with Crippen molar-refractivity contribution in [1.82, 2.24) is 15.2 Å². The first-order valence-electron chi connectivity index (χ1n) is 11.0. The van der Waals surface area contributed by atoms with Gasteiger partial charge in [0, 0.05) is 50.8 Å². The van der Waals surface area contributed by atoms with Gasteiger partial charge in [0.2, 0.25) is 0 Å². The van der Waals surface area contributed by atoms with E-state index >= 15 is 0 Å². The van der Waals surface area contributed by atoms with E-state index in [-0.39, 0.29) is 24.1 Å². The Labute approximate surface area is 196 Å². The number of anilines is 2.